The van der Waals surface area contributed by atoms with Crippen molar-refractivity contribution >= 4 is 20.2 Å². The van der Waals surface area contributed by atoms with E-state index < -0.39 is 26.4 Å². The maximum atomic E-state index is 12.2. The SMILES string of the molecule is C[C@@H](O[Si](C)(C)C(C)(C)C)[C@@H]1C(=O)NC1OC(=O)c1ccccc1. The van der Waals surface area contributed by atoms with Crippen LogP contribution in [0.2, 0.25) is 18.1 Å². The number of carbonyl (C=O) groups is 2. The van der Waals surface area contributed by atoms with E-state index in [0.717, 1.165) is 0 Å². The highest BCUT2D eigenvalue weighted by molar-refractivity contribution is 6.74. The molecule has 1 aromatic rings. The molecule has 1 aromatic carbocycles. The van der Waals surface area contributed by atoms with E-state index in [2.05, 4.69) is 39.2 Å². The third kappa shape index (κ3) is 3.87. The van der Waals surface area contributed by atoms with Crippen molar-refractivity contribution in [2.24, 2.45) is 5.92 Å². The van der Waals surface area contributed by atoms with Crippen LogP contribution in [0.1, 0.15) is 38.1 Å². The molecule has 1 saturated heterocycles. The second-order valence-corrected chi connectivity index (χ2v) is 12.6. The fourth-order valence-electron chi connectivity index (χ4n) is 2.40. The Morgan fingerprint density at radius 2 is 1.79 bits per heavy atom. The average Bonchev–Trinajstić information content (AvgIpc) is 2.45. The van der Waals surface area contributed by atoms with Gasteiger partial charge in [0.2, 0.25) is 5.91 Å². The second-order valence-electron chi connectivity index (χ2n) is 7.81. The highest BCUT2D eigenvalue weighted by Crippen LogP contribution is 2.39. The summed E-state index contributed by atoms with van der Waals surface area (Å²) in [5, 5.41) is 2.71. The first kappa shape index (κ1) is 18.7. The summed E-state index contributed by atoms with van der Waals surface area (Å²) in [6, 6.07) is 8.76. The van der Waals surface area contributed by atoms with Gasteiger partial charge in [-0.25, -0.2) is 4.79 Å². The van der Waals surface area contributed by atoms with Gasteiger partial charge in [-0.2, -0.15) is 0 Å². The lowest BCUT2D eigenvalue weighted by atomic mass is 9.93. The lowest BCUT2D eigenvalue weighted by Gasteiger charge is -2.44. The van der Waals surface area contributed by atoms with Gasteiger partial charge in [0.1, 0.15) is 5.92 Å². The van der Waals surface area contributed by atoms with Gasteiger partial charge in [0.15, 0.2) is 14.5 Å². The summed E-state index contributed by atoms with van der Waals surface area (Å²) in [5.74, 6) is -1.04. The fraction of sp³-hybridized carbons (Fsp3) is 0.556. The summed E-state index contributed by atoms with van der Waals surface area (Å²) < 4.78 is 11.7. The molecule has 24 heavy (non-hydrogen) atoms. The minimum Gasteiger partial charge on any atom is -0.437 e. The van der Waals surface area contributed by atoms with Crippen molar-refractivity contribution in [3.8, 4) is 0 Å². The number of carbonyl (C=O) groups excluding carboxylic acids is 2. The van der Waals surface area contributed by atoms with E-state index in [-0.39, 0.29) is 17.0 Å². The smallest absolute Gasteiger partial charge is 0.340 e. The van der Waals surface area contributed by atoms with Crippen molar-refractivity contribution in [1.82, 2.24) is 5.32 Å². The summed E-state index contributed by atoms with van der Waals surface area (Å²) in [6.45, 7) is 12.6. The van der Waals surface area contributed by atoms with E-state index in [0.29, 0.717) is 5.56 Å². The van der Waals surface area contributed by atoms with Crippen LogP contribution in [0.5, 0.6) is 0 Å². The van der Waals surface area contributed by atoms with Crippen LogP contribution in [0.3, 0.4) is 0 Å². The molecule has 1 amide bonds. The van der Waals surface area contributed by atoms with E-state index in [1.165, 1.54) is 0 Å². The molecule has 0 aromatic heterocycles. The molecule has 0 saturated carbocycles. The Morgan fingerprint density at radius 1 is 1.21 bits per heavy atom. The van der Waals surface area contributed by atoms with E-state index in [1.807, 2.05) is 13.0 Å². The predicted molar refractivity (Wildman–Crippen MR) is 95.0 cm³/mol. The molecule has 6 heteroatoms. The minimum absolute atomic E-state index is 0.0533. The Morgan fingerprint density at radius 3 is 2.29 bits per heavy atom. The van der Waals surface area contributed by atoms with E-state index in [4.69, 9.17) is 9.16 Å². The number of hydrogen-bond acceptors (Lipinski definition) is 4. The van der Waals surface area contributed by atoms with Crippen LogP contribution in [0.15, 0.2) is 30.3 Å². The quantitative estimate of drug-likeness (QED) is 0.503. The predicted octanol–water partition coefficient (Wildman–Crippen LogP) is 3.33. The van der Waals surface area contributed by atoms with Gasteiger partial charge in [0.25, 0.3) is 0 Å². The van der Waals surface area contributed by atoms with Gasteiger partial charge in [-0.05, 0) is 37.2 Å². The summed E-state index contributed by atoms with van der Waals surface area (Å²) >= 11 is 0. The standard InChI is InChI=1S/C18H27NO4Si/c1-12(23-24(5,6)18(2,3)4)14-15(20)19-16(14)22-17(21)13-10-8-7-9-11-13/h7-12,14,16H,1-6H3,(H,19,20)/t12-,14-,16?/m1/s1. The van der Waals surface area contributed by atoms with Gasteiger partial charge in [-0.15, -0.1) is 0 Å². The van der Waals surface area contributed by atoms with Crippen molar-refractivity contribution in [1.29, 1.82) is 0 Å². The average molecular weight is 350 g/mol. The fourth-order valence-corrected chi connectivity index (χ4v) is 3.83. The Kier molecular flexibility index (Phi) is 5.20. The number of benzene rings is 1. The van der Waals surface area contributed by atoms with Crippen LogP contribution >= 0.6 is 0 Å². The minimum atomic E-state index is -2.00. The highest BCUT2D eigenvalue weighted by Gasteiger charge is 2.49. The molecule has 1 fully saturated rings. The normalized spacial score (nSPS) is 22.3. The maximum absolute atomic E-state index is 12.2. The molecule has 0 spiro atoms. The Labute approximate surface area is 144 Å². The number of nitrogens with one attached hydrogen (secondary N) is 1. The van der Waals surface area contributed by atoms with Crippen LogP contribution in [-0.4, -0.2) is 32.5 Å². The molecule has 0 radical (unpaired) electrons. The molecule has 132 valence electrons. The molecule has 5 nitrogen and oxygen atoms in total. The van der Waals surface area contributed by atoms with Crippen molar-refractivity contribution in [3.05, 3.63) is 35.9 Å². The van der Waals surface area contributed by atoms with E-state index in [9.17, 15) is 9.59 Å². The van der Waals surface area contributed by atoms with Crippen LogP contribution in [-0.2, 0) is 14.0 Å². The van der Waals surface area contributed by atoms with Crippen LogP contribution in [0.4, 0.5) is 0 Å². The zero-order valence-corrected chi connectivity index (χ0v) is 16.3. The number of esters is 1. The maximum Gasteiger partial charge on any atom is 0.340 e. The van der Waals surface area contributed by atoms with Gasteiger partial charge in [0.05, 0.1) is 11.7 Å². The third-order valence-corrected chi connectivity index (χ3v) is 9.52. The van der Waals surface area contributed by atoms with Gasteiger partial charge < -0.3 is 14.5 Å². The van der Waals surface area contributed by atoms with Crippen LogP contribution < -0.4 is 5.32 Å². The number of amides is 1. The Balaban J connectivity index is 2.02. The first-order chi connectivity index (χ1) is 11.0. The third-order valence-electron chi connectivity index (χ3n) is 4.95. The summed E-state index contributed by atoms with van der Waals surface area (Å²) in [5.41, 5.74) is 0.468. The van der Waals surface area contributed by atoms with E-state index in [1.54, 1.807) is 24.3 Å². The molecule has 1 aliphatic heterocycles. The van der Waals surface area contributed by atoms with Gasteiger partial charge in [0, 0.05) is 0 Å². The highest BCUT2D eigenvalue weighted by atomic mass is 28.4. The zero-order valence-electron chi connectivity index (χ0n) is 15.3. The van der Waals surface area contributed by atoms with Crippen molar-refractivity contribution in [2.75, 3.05) is 0 Å². The Hall–Kier alpha value is -1.66. The lowest BCUT2D eigenvalue weighted by Crippen LogP contribution is -2.65. The molecule has 1 heterocycles. The van der Waals surface area contributed by atoms with E-state index >= 15 is 0 Å². The summed E-state index contributed by atoms with van der Waals surface area (Å²) in [6.07, 6.45) is -0.932. The second kappa shape index (κ2) is 6.68. The van der Waals surface area contributed by atoms with Crippen molar-refractivity contribution in [3.63, 3.8) is 0 Å². The van der Waals surface area contributed by atoms with Crippen LogP contribution in [0.25, 0.3) is 0 Å². The molecule has 0 aliphatic carbocycles. The molecule has 1 unspecified atom stereocenters. The number of rotatable bonds is 5. The van der Waals surface area contributed by atoms with Crippen molar-refractivity contribution in [2.45, 2.75) is 58.2 Å². The van der Waals surface area contributed by atoms with Gasteiger partial charge >= 0.3 is 5.97 Å². The lowest BCUT2D eigenvalue weighted by molar-refractivity contribution is -0.154. The Bertz CT molecular complexity index is 609. The number of ether oxygens (including phenoxy) is 1. The zero-order chi connectivity index (χ0) is 18.1. The first-order valence-corrected chi connectivity index (χ1v) is 11.2. The summed E-state index contributed by atoms with van der Waals surface area (Å²) in [7, 11) is -2.00. The number of hydrogen-bond donors (Lipinski definition) is 1. The van der Waals surface area contributed by atoms with Crippen LogP contribution in [0, 0.1) is 5.92 Å². The molecular weight excluding hydrogens is 322 g/mol. The molecule has 0 bridgehead atoms. The van der Waals surface area contributed by atoms with Gasteiger partial charge in [-0.3, -0.25) is 4.79 Å². The molecule has 1 aliphatic rings. The molecule has 1 N–H and O–H groups in total. The molecule has 2 rings (SSSR count). The topological polar surface area (TPSA) is 64.6 Å². The molecule has 3 atom stereocenters. The number of β-lactam (4-membered cyclic amide) rings is 1. The van der Waals surface area contributed by atoms with Gasteiger partial charge in [-0.1, -0.05) is 39.0 Å². The van der Waals surface area contributed by atoms with Crippen molar-refractivity contribution < 1.29 is 18.8 Å². The summed E-state index contributed by atoms with van der Waals surface area (Å²) in [4.78, 5) is 24.1. The largest absolute Gasteiger partial charge is 0.437 e. The molecular formula is C18H27NO4Si. The first-order valence-electron chi connectivity index (χ1n) is 8.27. The monoisotopic (exact) mass is 349 g/mol.